The molecule has 0 saturated carbocycles. The molecule has 0 spiro atoms. The zero-order chi connectivity index (χ0) is 9.90. The maximum Gasteiger partial charge on any atom is 0.138 e. The van der Waals surface area contributed by atoms with Gasteiger partial charge in [0.2, 0.25) is 0 Å². The lowest BCUT2D eigenvalue weighted by molar-refractivity contribution is 0.471. The Balaban J connectivity index is 2.80. The molecule has 0 aliphatic carbocycles. The van der Waals surface area contributed by atoms with Crippen LogP contribution in [-0.2, 0) is 0 Å². The van der Waals surface area contributed by atoms with Crippen molar-refractivity contribution in [2.45, 2.75) is 32.7 Å². The zero-order valence-corrected chi connectivity index (χ0v) is 8.46. The van der Waals surface area contributed by atoms with Crippen LogP contribution in [0, 0.1) is 0 Å². The van der Waals surface area contributed by atoms with Crippen LogP contribution in [0.2, 0.25) is 0 Å². The van der Waals surface area contributed by atoms with Crippen molar-refractivity contribution in [3.8, 4) is 5.75 Å². The second-order valence-electron chi connectivity index (χ2n) is 3.88. The number of aromatic hydroxyl groups is 1. The van der Waals surface area contributed by atoms with Crippen LogP contribution in [0.15, 0.2) is 24.3 Å². The molecule has 0 aliphatic rings. The maximum atomic E-state index is 9.51. The Morgan fingerprint density at radius 2 is 1.92 bits per heavy atom. The molecular formula is C11H17NO. The molecule has 0 heterocycles. The van der Waals surface area contributed by atoms with Gasteiger partial charge in [0.15, 0.2) is 0 Å². The Labute approximate surface area is 79.6 Å². The van der Waals surface area contributed by atoms with Crippen LogP contribution in [0.3, 0.4) is 0 Å². The Bertz CT molecular complexity index is 281. The van der Waals surface area contributed by atoms with Gasteiger partial charge >= 0.3 is 0 Å². The van der Waals surface area contributed by atoms with Crippen molar-refractivity contribution < 1.29 is 5.11 Å². The minimum Gasteiger partial charge on any atom is -0.506 e. The van der Waals surface area contributed by atoms with Crippen molar-refractivity contribution in [1.82, 2.24) is 0 Å². The summed E-state index contributed by atoms with van der Waals surface area (Å²) in [6.45, 7) is 6.34. The monoisotopic (exact) mass is 179 g/mol. The molecule has 0 aromatic heterocycles. The first-order chi connectivity index (χ1) is 6.05. The first-order valence-electron chi connectivity index (χ1n) is 4.61. The van der Waals surface area contributed by atoms with Gasteiger partial charge in [0.25, 0.3) is 0 Å². The molecule has 0 radical (unpaired) electrons. The second-order valence-corrected chi connectivity index (χ2v) is 3.88. The number of hydrogen-bond acceptors (Lipinski definition) is 2. The predicted octanol–water partition coefficient (Wildman–Crippen LogP) is 2.99. The highest BCUT2D eigenvalue weighted by molar-refractivity contribution is 5.56. The van der Waals surface area contributed by atoms with Crippen LogP contribution in [-0.4, -0.2) is 10.6 Å². The summed E-state index contributed by atoms with van der Waals surface area (Å²) in [6, 6.07) is 7.30. The minimum atomic E-state index is 0.0266. The number of rotatable bonds is 3. The predicted molar refractivity (Wildman–Crippen MR) is 56.1 cm³/mol. The lowest BCUT2D eigenvalue weighted by Gasteiger charge is -2.26. The van der Waals surface area contributed by atoms with Crippen molar-refractivity contribution in [3.63, 3.8) is 0 Å². The highest BCUT2D eigenvalue weighted by atomic mass is 16.3. The van der Waals surface area contributed by atoms with Crippen molar-refractivity contribution in [2.24, 2.45) is 0 Å². The quantitative estimate of drug-likeness (QED) is 0.699. The number of phenols is 1. The summed E-state index contributed by atoms with van der Waals surface area (Å²) in [5, 5.41) is 12.8. The maximum absolute atomic E-state index is 9.51. The largest absolute Gasteiger partial charge is 0.506 e. The van der Waals surface area contributed by atoms with Gasteiger partial charge in [0.05, 0.1) is 5.69 Å². The molecule has 1 aromatic rings. The van der Waals surface area contributed by atoms with Gasteiger partial charge in [-0.15, -0.1) is 0 Å². The van der Waals surface area contributed by atoms with Gasteiger partial charge in [-0.1, -0.05) is 19.1 Å². The summed E-state index contributed by atoms with van der Waals surface area (Å²) in [7, 11) is 0. The average molecular weight is 179 g/mol. The Morgan fingerprint density at radius 3 is 2.46 bits per heavy atom. The SMILES string of the molecule is CCC(C)(C)Nc1ccccc1O. The first-order valence-corrected chi connectivity index (χ1v) is 4.61. The van der Waals surface area contributed by atoms with Crippen molar-refractivity contribution >= 4 is 5.69 Å². The number of phenolic OH excluding ortho intramolecular Hbond substituents is 1. The standard InChI is InChI=1S/C11H17NO/c1-4-11(2,3)12-9-7-5-6-8-10(9)13/h5-8,12-13H,4H2,1-3H3. The number of nitrogens with one attached hydrogen (secondary N) is 1. The fourth-order valence-electron chi connectivity index (χ4n) is 1.03. The van der Waals surface area contributed by atoms with Crippen LogP contribution in [0.4, 0.5) is 5.69 Å². The van der Waals surface area contributed by atoms with Crippen LogP contribution in [0.5, 0.6) is 5.75 Å². The number of hydrogen-bond donors (Lipinski definition) is 2. The molecular weight excluding hydrogens is 162 g/mol. The van der Waals surface area contributed by atoms with Crippen molar-refractivity contribution in [1.29, 1.82) is 0 Å². The van der Waals surface area contributed by atoms with E-state index in [0.717, 1.165) is 12.1 Å². The molecule has 0 fully saturated rings. The van der Waals surface area contributed by atoms with Gasteiger partial charge in [0.1, 0.15) is 5.75 Å². The normalized spacial score (nSPS) is 11.3. The van der Waals surface area contributed by atoms with Gasteiger partial charge in [-0.3, -0.25) is 0 Å². The summed E-state index contributed by atoms with van der Waals surface area (Å²) in [5.74, 6) is 0.309. The van der Waals surface area contributed by atoms with Crippen molar-refractivity contribution in [3.05, 3.63) is 24.3 Å². The van der Waals surface area contributed by atoms with Gasteiger partial charge in [-0.05, 0) is 32.4 Å². The number of benzene rings is 1. The van der Waals surface area contributed by atoms with E-state index >= 15 is 0 Å². The number of para-hydroxylation sites is 2. The van der Waals surface area contributed by atoms with Crippen LogP contribution < -0.4 is 5.32 Å². The van der Waals surface area contributed by atoms with E-state index in [1.165, 1.54) is 0 Å². The Kier molecular flexibility index (Phi) is 2.81. The second kappa shape index (κ2) is 3.69. The third-order valence-corrected chi connectivity index (χ3v) is 2.26. The molecule has 72 valence electrons. The van der Waals surface area contributed by atoms with E-state index in [1.807, 2.05) is 18.2 Å². The van der Waals surface area contributed by atoms with Crippen LogP contribution in [0.1, 0.15) is 27.2 Å². The van der Waals surface area contributed by atoms with Crippen LogP contribution >= 0.6 is 0 Å². The summed E-state index contributed by atoms with van der Waals surface area (Å²) in [4.78, 5) is 0. The van der Waals surface area contributed by atoms with E-state index in [-0.39, 0.29) is 5.54 Å². The average Bonchev–Trinajstić information content (AvgIpc) is 2.09. The molecule has 1 aromatic carbocycles. The van der Waals surface area contributed by atoms with Gasteiger partial charge < -0.3 is 10.4 Å². The minimum absolute atomic E-state index is 0.0266. The van der Waals surface area contributed by atoms with E-state index < -0.39 is 0 Å². The highest BCUT2D eigenvalue weighted by Gasteiger charge is 2.15. The summed E-state index contributed by atoms with van der Waals surface area (Å²) in [5.41, 5.74) is 0.827. The number of anilines is 1. The third kappa shape index (κ3) is 2.65. The molecule has 0 saturated heterocycles. The molecule has 0 atom stereocenters. The van der Waals surface area contributed by atoms with E-state index in [9.17, 15) is 5.11 Å². The fourth-order valence-corrected chi connectivity index (χ4v) is 1.03. The Morgan fingerprint density at radius 1 is 1.31 bits per heavy atom. The highest BCUT2D eigenvalue weighted by Crippen LogP contribution is 2.26. The van der Waals surface area contributed by atoms with Crippen LogP contribution in [0.25, 0.3) is 0 Å². The van der Waals surface area contributed by atoms with Gasteiger partial charge in [0, 0.05) is 5.54 Å². The van der Waals surface area contributed by atoms with Crippen molar-refractivity contribution in [2.75, 3.05) is 5.32 Å². The first kappa shape index (κ1) is 9.90. The van der Waals surface area contributed by atoms with E-state index in [1.54, 1.807) is 6.07 Å². The fraction of sp³-hybridized carbons (Fsp3) is 0.455. The molecule has 2 heteroatoms. The lowest BCUT2D eigenvalue weighted by atomic mass is 10.0. The summed E-state index contributed by atoms with van der Waals surface area (Å²) >= 11 is 0. The molecule has 1 rings (SSSR count). The van der Waals surface area contributed by atoms with Gasteiger partial charge in [-0.2, -0.15) is 0 Å². The van der Waals surface area contributed by atoms with E-state index in [4.69, 9.17) is 0 Å². The molecule has 2 N–H and O–H groups in total. The lowest BCUT2D eigenvalue weighted by Crippen LogP contribution is -2.29. The molecule has 0 unspecified atom stereocenters. The van der Waals surface area contributed by atoms with Gasteiger partial charge in [-0.25, -0.2) is 0 Å². The van der Waals surface area contributed by atoms with E-state index in [2.05, 4.69) is 26.1 Å². The topological polar surface area (TPSA) is 32.3 Å². The summed E-state index contributed by atoms with van der Waals surface area (Å²) < 4.78 is 0. The third-order valence-electron chi connectivity index (χ3n) is 2.26. The zero-order valence-electron chi connectivity index (χ0n) is 8.46. The van der Waals surface area contributed by atoms with E-state index in [0.29, 0.717) is 5.75 Å². The smallest absolute Gasteiger partial charge is 0.138 e. The molecule has 13 heavy (non-hydrogen) atoms. The molecule has 0 bridgehead atoms. The molecule has 0 amide bonds. The molecule has 0 aliphatic heterocycles. The Hall–Kier alpha value is -1.18. The summed E-state index contributed by atoms with van der Waals surface area (Å²) in [6.07, 6.45) is 1.02. The molecule has 2 nitrogen and oxygen atoms in total.